The van der Waals surface area contributed by atoms with Crippen molar-refractivity contribution in [3.05, 3.63) is 101 Å². The number of benzene rings is 4. The molecule has 4 aromatic carbocycles. The van der Waals surface area contributed by atoms with E-state index in [9.17, 15) is 18.3 Å². The van der Waals surface area contributed by atoms with E-state index in [0.29, 0.717) is 27.4 Å². The molecule has 0 aliphatic carbocycles. The average molecular weight is 784 g/mol. The molecule has 5 aromatic rings. The van der Waals surface area contributed by atoms with Gasteiger partial charge < -0.3 is 5.11 Å². The molecule has 3 N–H and O–H groups in total. The van der Waals surface area contributed by atoms with Gasteiger partial charge in [0.05, 0.1) is 32.5 Å². The summed E-state index contributed by atoms with van der Waals surface area (Å²) in [6.45, 7) is 4.01. The molecule has 0 saturated carbocycles. The standard InChI is InChI=1S/C44H57N5O4S2/c1-3-4-5-6-7-8-9-10-11-12-13-14-15-16-17-23-32-54-40-33-35-24-21-22-27-39(35)42(43(40)50)48-55(52,53)38-30-28-36(29-31-38)45-46-41-34(2)47-49(44(41)51)37-25-19-18-20-26-37/h18-22,24-31,33,47-48,50H,3-17,23,32H2,1-2H3. The van der Waals surface area contributed by atoms with Crippen LogP contribution < -0.4 is 10.3 Å². The van der Waals surface area contributed by atoms with E-state index in [-0.39, 0.29) is 27.6 Å². The van der Waals surface area contributed by atoms with Crippen molar-refractivity contribution >= 4 is 49.6 Å². The topological polar surface area (TPSA) is 129 Å². The first-order valence-corrected chi connectivity index (χ1v) is 22.5. The fourth-order valence-electron chi connectivity index (χ4n) is 6.76. The molecule has 0 aliphatic heterocycles. The molecular formula is C44H57N5O4S2. The molecule has 55 heavy (non-hydrogen) atoms. The summed E-state index contributed by atoms with van der Waals surface area (Å²) in [5, 5.41) is 24.2. The van der Waals surface area contributed by atoms with Crippen LogP contribution in [-0.4, -0.2) is 29.1 Å². The fourth-order valence-corrected chi connectivity index (χ4v) is 8.87. The molecule has 9 nitrogen and oxygen atoms in total. The van der Waals surface area contributed by atoms with Gasteiger partial charge in [-0.2, -0.15) is 5.11 Å². The van der Waals surface area contributed by atoms with Crippen LogP contribution in [0.4, 0.5) is 17.1 Å². The third-order valence-corrected chi connectivity index (χ3v) is 12.4. The molecule has 294 valence electrons. The molecule has 0 amide bonds. The van der Waals surface area contributed by atoms with Crippen LogP contribution >= 0.6 is 11.8 Å². The number of para-hydroxylation sites is 1. The minimum absolute atomic E-state index is 0.00501. The zero-order valence-corrected chi connectivity index (χ0v) is 34.1. The number of nitrogens with one attached hydrogen (secondary N) is 2. The van der Waals surface area contributed by atoms with Crippen molar-refractivity contribution in [3.8, 4) is 11.4 Å². The van der Waals surface area contributed by atoms with Gasteiger partial charge in [-0.15, -0.1) is 16.9 Å². The minimum Gasteiger partial charge on any atom is -0.505 e. The van der Waals surface area contributed by atoms with Crippen LogP contribution in [0.1, 0.15) is 115 Å². The summed E-state index contributed by atoms with van der Waals surface area (Å²) in [5.41, 5.74) is 1.60. The predicted molar refractivity (Wildman–Crippen MR) is 228 cm³/mol. The number of hydrogen-bond acceptors (Lipinski definition) is 7. The Labute approximate surface area is 331 Å². The Morgan fingerprint density at radius 2 is 1.29 bits per heavy atom. The molecule has 0 atom stereocenters. The highest BCUT2D eigenvalue weighted by atomic mass is 32.2. The molecule has 0 unspecified atom stereocenters. The number of sulfonamides is 1. The first-order valence-electron chi connectivity index (χ1n) is 20.1. The van der Waals surface area contributed by atoms with Crippen LogP contribution in [0.15, 0.2) is 110 Å². The van der Waals surface area contributed by atoms with Crippen LogP contribution in [0.3, 0.4) is 0 Å². The van der Waals surface area contributed by atoms with Gasteiger partial charge in [0, 0.05) is 5.39 Å². The predicted octanol–water partition coefficient (Wildman–Crippen LogP) is 12.9. The molecule has 0 radical (unpaired) electrons. The molecule has 0 saturated heterocycles. The number of thioether (sulfide) groups is 1. The van der Waals surface area contributed by atoms with E-state index < -0.39 is 10.0 Å². The summed E-state index contributed by atoms with van der Waals surface area (Å²) in [5.74, 6) is 0.770. The molecule has 0 aliphatic rings. The van der Waals surface area contributed by atoms with Crippen LogP contribution in [0.5, 0.6) is 5.75 Å². The number of unbranched alkanes of at least 4 members (excludes halogenated alkanes) is 15. The van der Waals surface area contributed by atoms with Gasteiger partial charge in [0.15, 0.2) is 11.4 Å². The maximum absolute atomic E-state index is 13.6. The van der Waals surface area contributed by atoms with Crippen LogP contribution in [0, 0.1) is 6.92 Å². The van der Waals surface area contributed by atoms with E-state index in [1.54, 1.807) is 24.8 Å². The molecule has 5 rings (SSSR count). The van der Waals surface area contributed by atoms with Gasteiger partial charge in [0.1, 0.15) is 0 Å². The lowest BCUT2D eigenvalue weighted by Crippen LogP contribution is -2.13. The summed E-state index contributed by atoms with van der Waals surface area (Å²) in [6.07, 6.45) is 21.1. The normalized spacial score (nSPS) is 11.9. The minimum atomic E-state index is -4.07. The largest absolute Gasteiger partial charge is 0.505 e. The Bertz CT molecular complexity index is 2130. The smallest absolute Gasteiger partial charge is 0.299 e. The lowest BCUT2D eigenvalue weighted by atomic mass is 10.0. The Hall–Kier alpha value is -4.35. The van der Waals surface area contributed by atoms with E-state index in [0.717, 1.165) is 24.0 Å². The monoisotopic (exact) mass is 783 g/mol. The Morgan fingerprint density at radius 1 is 0.727 bits per heavy atom. The van der Waals surface area contributed by atoms with E-state index >= 15 is 0 Å². The van der Waals surface area contributed by atoms with Gasteiger partial charge >= 0.3 is 0 Å². The molecule has 11 heteroatoms. The zero-order valence-electron chi connectivity index (χ0n) is 32.4. The molecule has 0 fully saturated rings. The maximum atomic E-state index is 13.6. The molecular weight excluding hydrogens is 727 g/mol. The number of hydrogen-bond donors (Lipinski definition) is 3. The van der Waals surface area contributed by atoms with E-state index in [4.69, 9.17) is 0 Å². The summed E-state index contributed by atoms with van der Waals surface area (Å²) in [7, 11) is -4.07. The number of rotatable bonds is 24. The van der Waals surface area contributed by atoms with Crippen LogP contribution in [-0.2, 0) is 10.0 Å². The SMILES string of the molecule is CCCCCCCCCCCCCCCCCCSc1cc2ccccc2c(NS(=O)(=O)c2ccc(N=Nc3c(C)[nH]n(-c4ccccc4)c3=O)cc2)c1O. The Kier molecular flexibility index (Phi) is 16.5. The van der Waals surface area contributed by atoms with Crippen LogP contribution in [0.25, 0.3) is 16.5 Å². The van der Waals surface area contributed by atoms with Gasteiger partial charge in [-0.3, -0.25) is 14.6 Å². The molecule has 0 spiro atoms. The van der Waals surface area contributed by atoms with Crippen molar-refractivity contribution in [1.29, 1.82) is 0 Å². The van der Waals surface area contributed by atoms with Crippen molar-refractivity contribution < 1.29 is 13.5 Å². The van der Waals surface area contributed by atoms with Gasteiger partial charge in [-0.25, -0.2) is 13.1 Å². The number of aromatic hydroxyl groups is 1. The second-order valence-corrected chi connectivity index (χ2v) is 17.2. The highest BCUT2D eigenvalue weighted by Crippen LogP contribution is 2.42. The fraction of sp³-hybridized carbons (Fsp3) is 0.432. The number of H-pyrrole nitrogens is 1. The van der Waals surface area contributed by atoms with Crippen molar-refractivity contribution in [3.63, 3.8) is 0 Å². The van der Waals surface area contributed by atoms with Gasteiger partial charge in [0.2, 0.25) is 0 Å². The number of phenolic OH excluding ortho intramolecular Hbond substituents is 1. The first kappa shape index (κ1) is 41.8. The van der Waals surface area contributed by atoms with Crippen LogP contribution in [0.2, 0.25) is 0 Å². The number of aryl methyl sites for hydroxylation is 1. The Balaban J connectivity index is 1.10. The number of aromatic amines is 1. The summed E-state index contributed by atoms with van der Waals surface area (Å²) >= 11 is 1.56. The second kappa shape index (κ2) is 21.7. The first-order chi connectivity index (χ1) is 26.8. The van der Waals surface area contributed by atoms with Crippen molar-refractivity contribution in [1.82, 2.24) is 9.78 Å². The molecule has 1 aromatic heterocycles. The van der Waals surface area contributed by atoms with Gasteiger partial charge in [-0.1, -0.05) is 146 Å². The zero-order chi connectivity index (χ0) is 38.9. The number of nitrogens with zero attached hydrogens (tertiary/aromatic N) is 3. The number of fused-ring (bicyclic) bond motifs is 1. The number of phenols is 1. The summed E-state index contributed by atoms with van der Waals surface area (Å²) in [6, 6.07) is 24.5. The van der Waals surface area contributed by atoms with Gasteiger partial charge in [-0.05, 0) is 66.9 Å². The summed E-state index contributed by atoms with van der Waals surface area (Å²) < 4.78 is 31.3. The van der Waals surface area contributed by atoms with Gasteiger partial charge in [0.25, 0.3) is 15.6 Å². The highest BCUT2D eigenvalue weighted by Gasteiger charge is 2.21. The van der Waals surface area contributed by atoms with Crippen molar-refractivity contribution in [2.45, 2.75) is 126 Å². The number of azo groups is 1. The highest BCUT2D eigenvalue weighted by molar-refractivity contribution is 7.99. The third-order valence-electron chi connectivity index (χ3n) is 9.95. The van der Waals surface area contributed by atoms with Crippen molar-refractivity contribution in [2.24, 2.45) is 10.2 Å². The average Bonchev–Trinajstić information content (AvgIpc) is 3.48. The van der Waals surface area contributed by atoms with E-state index in [2.05, 4.69) is 27.0 Å². The molecule has 1 heterocycles. The number of aromatic nitrogens is 2. The van der Waals surface area contributed by atoms with E-state index in [1.165, 1.54) is 119 Å². The quantitative estimate of drug-likeness (QED) is 0.0248. The Morgan fingerprint density at radius 3 is 1.91 bits per heavy atom. The number of anilines is 1. The maximum Gasteiger partial charge on any atom is 0.299 e. The third kappa shape index (κ3) is 12.3. The molecule has 0 bridgehead atoms. The lowest BCUT2D eigenvalue weighted by Gasteiger charge is -2.16. The lowest BCUT2D eigenvalue weighted by molar-refractivity contribution is 0.466. The summed E-state index contributed by atoms with van der Waals surface area (Å²) in [4.78, 5) is 13.6. The van der Waals surface area contributed by atoms with Crippen molar-refractivity contribution in [2.75, 3.05) is 10.5 Å². The second-order valence-electron chi connectivity index (χ2n) is 14.3. The van der Waals surface area contributed by atoms with E-state index in [1.807, 2.05) is 54.6 Å².